The molecule has 0 atom stereocenters. The quantitative estimate of drug-likeness (QED) is 0.373. The Morgan fingerprint density at radius 2 is 1.82 bits per heavy atom. The van der Waals surface area contributed by atoms with Gasteiger partial charge in [0.2, 0.25) is 0 Å². The molecular formula is C27H25NO5. The molecule has 0 amide bonds. The van der Waals surface area contributed by atoms with E-state index >= 15 is 0 Å². The number of methoxy groups -OCH3 is 1. The number of aromatic hydroxyl groups is 1. The fourth-order valence-corrected chi connectivity index (χ4v) is 4.19. The number of hydrogen-bond donors (Lipinski definition) is 2. The van der Waals surface area contributed by atoms with Crippen LogP contribution in [0, 0.1) is 5.92 Å². The summed E-state index contributed by atoms with van der Waals surface area (Å²) in [7, 11) is 1.60. The average molecular weight is 443 g/mol. The first-order valence-corrected chi connectivity index (χ1v) is 11.0. The summed E-state index contributed by atoms with van der Waals surface area (Å²) < 4.78 is 12.9. The van der Waals surface area contributed by atoms with E-state index in [-0.39, 0.29) is 11.4 Å². The first-order valence-electron chi connectivity index (χ1n) is 11.0. The van der Waals surface area contributed by atoms with Crippen LogP contribution in [0.25, 0.3) is 22.0 Å². The number of hydrogen-bond acceptors (Lipinski definition) is 4. The number of carbonyl (C=O) groups is 1. The van der Waals surface area contributed by atoms with Crippen LogP contribution in [0.5, 0.6) is 17.2 Å². The van der Waals surface area contributed by atoms with Crippen LogP contribution in [0.2, 0.25) is 0 Å². The second-order valence-corrected chi connectivity index (χ2v) is 8.45. The summed E-state index contributed by atoms with van der Waals surface area (Å²) >= 11 is 0. The zero-order valence-corrected chi connectivity index (χ0v) is 18.3. The maximum absolute atomic E-state index is 12.5. The third kappa shape index (κ3) is 4.24. The summed E-state index contributed by atoms with van der Waals surface area (Å²) in [6.07, 6.45) is 2.44. The van der Waals surface area contributed by atoms with Gasteiger partial charge in [-0.1, -0.05) is 24.3 Å². The predicted octanol–water partition coefficient (Wildman–Crippen LogP) is 5.56. The van der Waals surface area contributed by atoms with Crippen LogP contribution in [0.4, 0.5) is 0 Å². The Morgan fingerprint density at radius 1 is 1.03 bits per heavy atom. The predicted molar refractivity (Wildman–Crippen MR) is 126 cm³/mol. The van der Waals surface area contributed by atoms with Crippen LogP contribution in [0.15, 0.2) is 66.7 Å². The van der Waals surface area contributed by atoms with Crippen molar-refractivity contribution in [1.29, 1.82) is 0 Å². The smallest absolute Gasteiger partial charge is 0.353 e. The van der Waals surface area contributed by atoms with Crippen LogP contribution >= 0.6 is 0 Å². The van der Waals surface area contributed by atoms with E-state index in [9.17, 15) is 15.0 Å². The van der Waals surface area contributed by atoms with Gasteiger partial charge in [-0.2, -0.15) is 0 Å². The van der Waals surface area contributed by atoms with Crippen LogP contribution in [0.1, 0.15) is 28.9 Å². The Morgan fingerprint density at radius 3 is 2.52 bits per heavy atom. The highest BCUT2D eigenvalue weighted by Crippen LogP contribution is 2.38. The number of carboxylic acids is 1. The van der Waals surface area contributed by atoms with Gasteiger partial charge in [-0.3, -0.25) is 0 Å². The van der Waals surface area contributed by atoms with Crippen LogP contribution in [0.3, 0.4) is 0 Å². The number of rotatable bonds is 8. The van der Waals surface area contributed by atoms with E-state index in [1.807, 2.05) is 48.5 Å². The largest absolute Gasteiger partial charge is 0.508 e. The third-order valence-corrected chi connectivity index (χ3v) is 6.05. The van der Waals surface area contributed by atoms with Crippen molar-refractivity contribution in [1.82, 2.24) is 4.57 Å². The highest BCUT2D eigenvalue weighted by atomic mass is 16.5. The van der Waals surface area contributed by atoms with Crippen molar-refractivity contribution in [2.75, 3.05) is 13.7 Å². The van der Waals surface area contributed by atoms with E-state index < -0.39 is 5.97 Å². The van der Waals surface area contributed by atoms with E-state index in [1.54, 1.807) is 29.9 Å². The summed E-state index contributed by atoms with van der Waals surface area (Å²) in [4.78, 5) is 12.5. The number of fused-ring (bicyclic) bond motifs is 1. The fourth-order valence-electron chi connectivity index (χ4n) is 4.19. The van der Waals surface area contributed by atoms with Crippen LogP contribution < -0.4 is 9.47 Å². The minimum Gasteiger partial charge on any atom is -0.508 e. The molecule has 1 aliphatic rings. The van der Waals surface area contributed by atoms with Gasteiger partial charge in [-0.15, -0.1) is 0 Å². The van der Waals surface area contributed by atoms with E-state index in [1.165, 1.54) is 12.8 Å². The number of phenols is 1. The minimum absolute atomic E-state index is 0.0867. The molecule has 0 spiro atoms. The number of aromatic nitrogens is 1. The molecular weight excluding hydrogens is 418 g/mol. The molecule has 4 aromatic rings. The molecule has 33 heavy (non-hydrogen) atoms. The first-order chi connectivity index (χ1) is 16.0. The van der Waals surface area contributed by atoms with Crippen molar-refractivity contribution in [3.63, 3.8) is 0 Å². The van der Waals surface area contributed by atoms with Crippen molar-refractivity contribution in [3.05, 3.63) is 78.0 Å². The molecule has 1 saturated carbocycles. The van der Waals surface area contributed by atoms with Gasteiger partial charge in [0.15, 0.2) is 0 Å². The molecule has 168 valence electrons. The normalized spacial score (nSPS) is 13.2. The van der Waals surface area contributed by atoms with Gasteiger partial charge in [0, 0.05) is 23.0 Å². The van der Waals surface area contributed by atoms with Crippen molar-refractivity contribution in [2.24, 2.45) is 5.92 Å². The van der Waals surface area contributed by atoms with Crippen molar-refractivity contribution < 1.29 is 24.5 Å². The monoisotopic (exact) mass is 443 g/mol. The maximum atomic E-state index is 12.5. The number of nitrogens with zero attached hydrogens (tertiary/aromatic N) is 1. The lowest BCUT2D eigenvalue weighted by atomic mass is 10.0. The zero-order chi connectivity index (χ0) is 22.9. The molecule has 1 aliphatic carbocycles. The Labute approximate surface area is 191 Å². The molecule has 0 saturated heterocycles. The lowest BCUT2D eigenvalue weighted by Gasteiger charge is -2.11. The van der Waals surface area contributed by atoms with Crippen molar-refractivity contribution in [3.8, 4) is 28.4 Å². The second-order valence-electron chi connectivity index (χ2n) is 8.45. The van der Waals surface area contributed by atoms with Gasteiger partial charge < -0.3 is 24.3 Å². The van der Waals surface area contributed by atoms with E-state index in [0.29, 0.717) is 35.8 Å². The molecule has 1 aromatic heterocycles. The van der Waals surface area contributed by atoms with Crippen LogP contribution in [-0.4, -0.2) is 34.5 Å². The molecule has 0 aliphatic heterocycles. The van der Waals surface area contributed by atoms with E-state index in [2.05, 4.69) is 0 Å². The zero-order valence-electron chi connectivity index (χ0n) is 18.3. The topological polar surface area (TPSA) is 80.9 Å². The van der Waals surface area contributed by atoms with Gasteiger partial charge in [0.1, 0.15) is 22.9 Å². The molecule has 0 bridgehead atoms. The Balaban J connectivity index is 1.62. The lowest BCUT2D eigenvalue weighted by molar-refractivity contribution is 0.0687. The second kappa shape index (κ2) is 8.54. The minimum atomic E-state index is -1.03. The number of ether oxygens (including phenoxy) is 2. The third-order valence-electron chi connectivity index (χ3n) is 6.05. The number of aromatic carboxylic acids is 1. The molecule has 6 heteroatoms. The first kappa shape index (κ1) is 20.9. The SMILES string of the molecule is COc1cccc(Cn2c(C(=O)O)c(-c3ccc(OCC4CC4)cc3)c3cc(O)ccc32)c1. The summed E-state index contributed by atoms with van der Waals surface area (Å²) in [6, 6.07) is 20.0. The van der Waals surface area contributed by atoms with Crippen LogP contribution in [-0.2, 0) is 6.54 Å². The van der Waals surface area contributed by atoms with E-state index in [4.69, 9.17) is 9.47 Å². The summed E-state index contributed by atoms with van der Waals surface area (Å²) in [6.45, 7) is 1.07. The average Bonchev–Trinajstić information content (AvgIpc) is 3.60. The summed E-state index contributed by atoms with van der Waals surface area (Å²) in [5.41, 5.74) is 3.15. The van der Waals surface area contributed by atoms with Gasteiger partial charge in [0.05, 0.1) is 13.7 Å². The standard InChI is InChI=1S/C27H25NO5/c1-32-22-4-2-3-18(13-22)15-28-24-12-9-20(29)14-23(24)25(26(28)27(30)31)19-7-10-21(11-8-19)33-16-17-5-6-17/h2-4,7-14,17,29H,5-6,15-16H2,1H3,(H,30,31). The summed E-state index contributed by atoms with van der Waals surface area (Å²) in [5, 5.41) is 21.1. The molecule has 6 nitrogen and oxygen atoms in total. The van der Waals surface area contributed by atoms with Crippen molar-refractivity contribution in [2.45, 2.75) is 19.4 Å². The fraction of sp³-hybridized carbons (Fsp3) is 0.222. The lowest BCUT2D eigenvalue weighted by Crippen LogP contribution is -2.10. The van der Waals surface area contributed by atoms with Gasteiger partial charge in [-0.25, -0.2) is 4.79 Å². The number of benzene rings is 3. The Hall–Kier alpha value is -3.93. The highest BCUT2D eigenvalue weighted by Gasteiger charge is 2.25. The van der Waals surface area contributed by atoms with Crippen molar-refractivity contribution >= 4 is 16.9 Å². The molecule has 5 rings (SSSR count). The summed E-state index contributed by atoms with van der Waals surface area (Å²) in [5.74, 6) is 1.19. The highest BCUT2D eigenvalue weighted by molar-refractivity contribution is 6.08. The van der Waals surface area contributed by atoms with Gasteiger partial charge in [-0.05, 0) is 72.4 Å². The number of carboxylic acid groups (broad SMARTS) is 1. The molecule has 0 unspecified atom stereocenters. The molecule has 3 aromatic carbocycles. The molecule has 0 radical (unpaired) electrons. The van der Waals surface area contributed by atoms with Gasteiger partial charge >= 0.3 is 5.97 Å². The van der Waals surface area contributed by atoms with E-state index in [0.717, 1.165) is 22.4 Å². The molecule has 1 fully saturated rings. The Kier molecular flexibility index (Phi) is 5.42. The molecule has 2 N–H and O–H groups in total. The molecule has 1 heterocycles. The Bertz CT molecular complexity index is 1320. The number of phenolic OH excluding ortho intramolecular Hbond substituents is 1. The van der Waals surface area contributed by atoms with Gasteiger partial charge in [0.25, 0.3) is 0 Å². The maximum Gasteiger partial charge on any atom is 0.353 e.